The highest BCUT2D eigenvalue weighted by molar-refractivity contribution is 6.30. The van der Waals surface area contributed by atoms with Gasteiger partial charge in [0.05, 0.1) is 0 Å². The van der Waals surface area contributed by atoms with Crippen molar-refractivity contribution in [1.82, 2.24) is 9.47 Å². The number of fused-ring (bicyclic) bond motifs is 1. The first-order valence-electron chi connectivity index (χ1n) is 6.78. The summed E-state index contributed by atoms with van der Waals surface area (Å²) in [6.45, 7) is 2.75. The molecule has 3 rings (SSSR count). The number of aromatic nitrogens is 1. The summed E-state index contributed by atoms with van der Waals surface area (Å²) < 4.78 is 1.69. The van der Waals surface area contributed by atoms with Crippen LogP contribution < -0.4 is 5.56 Å². The van der Waals surface area contributed by atoms with Crippen LogP contribution in [0, 0.1) is 0 Å². The van der Waals surface area contributed by atoms with Gasteiger partial charge in [0, 0.05) is 38.8 Å². The molecule has 4 heteroatoms. The first-order chi connectivity index (χ1) is 9.65. The Morgan fingerprint density at radius 2 is 2.00 bits per heavy atom. The van der Waals surface area contributed by atoms with Crippen molar-refractivity contribution in [1.29, 1.82) is 0 Å². The molecule has 0 aliphatic carbocycles. The van der Waals surface area contributed by atoms with E-state index in [4.69, 9.17) is 11.6 Å². The van der Waals surface area contributed by atoms with Crippen LogP contribution in [0.25, 0.3) is 0 Å². The summed E-state index contributed by atoms with van der Waals surface area (Å²) in [6, 6.07) is 12.3. The van der Waals surface area contributed by atoms with Crippen LogP contribution in [-0.2, 0) is 26.6 Å². The molecule has 0 bridgehead atoms. The number of benzene rings is 1. The molecule has 104 valence electrons. The molecule has 0 saturated heterocycles. The smallest absolute Gasteiger partial charge is 0.269 e. The Kier molecular flexibility index (Phi) is 3.64. The molecule has 2 aromatic rings. The Bertz CT molecular complexity index is 679. The average molecular weight is 289 g/mol. The molecule has 0 unspecified atom stereocenters. The van der Waals surface area contributed by atoms with Gasteiger partial charge in [-0.15, -0.1) is 0 Å². The van der Waals surface area contributed by atoms with E-state index in [9.17, 15) is 4.79 Å². The van der Waals surface area contributed by atoms with Gasteiger partial charge in [-0.25, -0.2) is 0 Å². The zero-order valence-electron chi connectivity index (χ0n) is 11.5. The van der Waals surface area contributed by atoms with Gasteiger partial charge in [0.2, 0.25) is 0 Å². The lowest BCUT2D eigenvalue weighted by Crippen LogP contribution is -2.34. The maximum Gasteiger partial charge on any atom is 0.269 e. The second-order valence-electron chi connectivity index (χ2n) is 5.27. The summed E-state index contributed by atoms with van der Waals surface area (Å²) in [5.74, 6) is 0. The Morgan fingerprint density at radius 1 is 1.25 bits per heavy atom. The molecule has 20 heavy (non-hydrogen) atoms. The molecule has 0 amide bonds. The van der Waals surface area contributed by atoms with E-state index in [0.29, 0.717) is 5.02 Å². The quantitative estimate of drug-likeness (QED) is 0.849. The van der Waals surface area contributed by atoms with Crippen molar-refractivity contribution < 1.29 is 0 Å². The number of halogens is 1. The maximum atomic E-state index is 11.8. The van der Waals surface area contributed by atoms with Gasteiger partial charge < -0.3 is 4.57 Å². The van der Waals surface area contributed by atoms with Crippen LogP contribution in [0.3, 0.4) is 0 Å². The molecule has 1 aromatic heterocycles. The van der Waals surface area contributed by atoms with Crippen LogP contribution in [0.4, 0.5) is 0 Å². The molecule has 0 saturated carbocycles. The van der Waals surface area contributed by atoms with Crippen LogP contribution in [0.5, 0.6) is 0 Å². The number of nitrogens with zero attached hydrogens (tertiary/aromatic N) is 2. The third kappa shape index (κ3) is 2.51. The van der Waals surface area contributed by atoms with E-state index < -0.39 is 0 Å². The minimum atomic E-state index is -0.0954. The van der Waals surface area contributed by atoms with Crippen molar-refractivity contribution in [2.75, 3.05) is 6.54 Å². The van der Waals surface area contributed by atoms with Gasteiger partial charge in [-0.1, -0.05) is 41.9 Å². The Morgan fingerprint density at radius 3 is 2.75 bits per heavy atom. The predicted octanol–water partition coefficient (Wildman–Crippen LogP) is 2.60. The summed E-state index contributed by atoms with van der Waals surface area (Å²) in [7, 11) is 1.81. The van der Waals surface area contributed by atoms with Gasteiger partial charge >= 0.3 is 0 Å². The number of hydrogen-bond donors (Lipinski definition) is 0. The van der Waals surface area contributed by atoms with Crippen LogP contribution >= 0.6 is 11.6 Å². The third-order valence-corrected chi connectivity index (χ3v) is 4.16. The summed E-state index contributed by atoms with van der Waals surface area (Å²) in [5.41, 5.74) is 3.50. The van der Waals surface area contributed by atoms with Crippen LogP contribution in [0.15, 0.2) is 41.2 Å². The van der Waals surface area contributed by atoms with Crippen molar-refractivity contribution in [3.63, 3.8) is 0 Å². The standard InChI is InChI=1S/C16H17ClN2O/c1-18-15-7-8-19(10-12-5-3-2-4-6-12)11-13(15)9-14(17)16(18)20/h2-6,9H,7-8,10-11H2,1H3. The van der Waals surface area contributed by atoms with Crippen molar-refractivity contribution in [2.24, 2.45) is 7.05 Å². The Hall–Kier alpha value is -1.58. The normalized spacial score (nSPS) is 15.1. The molecule has 0 spiro atoms. The summed E-state index contributed by atoms with van der Waals surface area (Å²) >= 11 is 6.01. The van der Waals surface area contributed by atoms with Gasteiger partial charge in [0.15, 0.2) is 0 Å². The molecule has 0 N–H and O–H groups in total. The maximum absolute atomic E-state index is 11.8. The average Bonchev–Trinajstić information content (AvgIpc) is 2.46. The van der Waals surface area contributed by atoms with Gasteiger partial charge in [-0.05, 0) is 17.2 Å². The molecule has 0 fully saturated rings. The van der Waals surface area contributed by atoms with Crippen LogP contribution in [-0.4, -0.2) is 16.0 Å². The number of rotatable bonds is 2. The number of pyridine rings is 1. The Labute approximate surface area is 123 Å². The Balaban J connectivity index is 1.84. The van der Waals surface area contributed by atoms with Crippen molar-refractivity contribution in [2.45, 2.75) is 19.5 Å². The fourth-order valence-corrected chi connectivity index (χ4v) is 3.08. The lowest BCUT2D eigenvalue weighted by Gasteiger charge is -2.30. The lowest BCUT2D eigenvalue weighted by atomic mass is 10.0. The minimum absolute atomic E-state index is 0.0954. The van der Waals surface area contributed by atoms with E-state index in [1.807, 2.05) is 12.1 Å². The highest BCUT2D eigenvalue weighted by atomic mass is 35.5. The molecule has 2 heterocycles. The largest absolute Gasteiger partial charge is 0.314 e. The third-order valence-electron chi connectivity index (χ3n) is 3.89. The second-order valence-corrected chi connectivity index (χ2v) is 5.68. The van der Waals surface area contributed by atoms with E-state index in [0.717, 1.165) is 31.7 Å². The molecule has 1 aliphatic rings. The second kappa shape index (κ2) is 5.43. The molecule has 1 aliphatic heterocycles. The summed E-state index contributed by atoms with van der Waals surface area (Å²) in [4.78, 5) is 14.2. The summed E-state index contributed by atoms with van der Waals surface area (Å²) in [6.07, 6.45) is 0.894. The van der Waals surface area contributed by atoms with E-state index in [2.05, 4.69) is 29.2 Å². The van der Waals surface area contributed by atoms with Crippen LogP contribution in [0.1, 0.15) is 16.8 Å². The molecule has 0 radical (unpaired) electrons. The van der Waals surface area contributed by atoms with Crippen LogP contribution in [0.2, 0.25) is 5.02 Å². The summed E-state index contributed by atoms with van der Waals surface area (Å²) in [5, 5.41) is 0.313. The molecular formula is C16H17ClN2O. The highest BCUT2D eigenvalue weighted by Gasteiger charge is 2.20. The predicted molar refractivity (Wildman–Crippen MR) is 81.0 cm³/mol. The van der Waals surface area contributed by atoms with E-state index in [1.165, 1.54) is 11.1 Å². The van der Waals surface area contributed by atoms with E-state index in [1.54, 1.807) is 11.6 Å². The highest BCUT2D eigenvalue weighted by Crippen LogP contribution is 2.21. The van der Waals surface area contributed by atoms with Crippen molar-refractivity contribution >= 4 is 11.6 Å². The monoisotopic (exact) mass is 288 g/mol. The number of hydrogen-bond acceptors (Lipinski definition) is 2. The molecule has 0 atom stereocenters. The fourth-order valence-electron chi connectivity index (χ4n) is 2.82. The molecule has 1 aromatic carbocycles. The lowest BCUT2D eigenvalue weighted by molar-refractivity contribution is 0.241. The first kappa shape index (κ1) is 13.4. The fraction of sp³-hybridized carbons (Fsp3) is 0.312. The van der Waals surface area contributed by atoms with Gasteiger partial charge in [0.25, 0.3) is 5.56 Å². The molecule has 3 nitrogen and oxygen atoms in total. The SMILES string of the molecule is Cn1c2c(cc(Cl)c1=O)CN(Cc1ccccc1)CC2. The van der Waals surface area contributed by atoms with Crippen molar-refractivity contribution in [3.8, 4) is 0 Å². The first-order valence-corrected chi connectivity index (χ1v) is 7.16. The van der Waals surface area contributed by atoms with Gasteiger partial charge in [-0.2, -0.15) is 0 Å². The van der Waals surface area contributed by atoms with Gasteiger partial charge in [-0.3, -0.25) is 9.69 Å². The molecular weight excluding hydrogens is 272 g/mol. The van der Waals surface area contributed by atoms with Crippen molar-refractivity contribution in [3.05, 3.63) is 68.6 Å². The zero-order valence-corrected chi connectivity index (χ0v) is 12.2. The topological polar surface area (TPSA) is 25.2 Å². The van der Waals surface area contributed by atoms with E-state index in [-0.39, 0.29) is 5.56 Å². The van der Waals surface area contributed by atoms with Gasteiger partial charge in [0.1, 0.15) is 5.02 Å². The zero-order chi connectivity index (χ0) is 14.1. The van der Waals surface area contributed by atoms with E-state index >= 15 is 0 Å². The minimum Gasteiger partial charge on any atom is -0.314 e.